The second-order valence-electron chi connectivity index (χ2n) is 12.8. The molecule has 1 N–H and O–H groups in total. The molecule has 0 aromatic heterocycles. The molecule has 246 valence electrons. The minimum atomic E-state index is -4.90. The van der Waals surface area contributed by atoms with Crippen molar-refractivity contribution in [1.29, 1.82) is 0 Å². The fourth-order valence-corrected chi connectivity index (χ4v) is 7.47. The Morgan fingerprint density at radius 1 is 1.00 bits per heavy atom. The third-order valence-electron chi connectivity index (χ3n) is 10.1. The highest BCUT2D eigenvalue weighted by atomic mass is 19.4. The maximum absolute atomic E-state index is 13.5. The predicted octanol–water partition coefficient (Wildman–Crippen LogP) is 8.59. The van der Waals surface area contributed by atoms with Crippen molar-refractivity contribution in [3.63, 3.8) is 0 Å². The standard InChI is InChI=1S/C34H40F7N3O/c1-21(42-19-23-14-27(33(36,37)38)17-28(15-23)34(39,40)41)32(31-16-26(31)20-43-22(2)45-3)11-8-30(18-32)44-12-9-25(10-13-44)24-4-6-29(35)7-5-24/h4-7,14-15,17,25-26,30-31,42H,1,8-13,16,18-20H2,2-3H3. The highest BCUT2D eigenvalue weighted by Crippen LogP contribution is 2.62. The van der Waals surface area contributed by atoms with E-state index < -0.39 is 23.5 Å². The van der Waals surface area contributed by atoms with Gasteiger partial charge in [0.25, 0.3) is 0 Å². The van der Waals surface area contributed by atoms with Crippen LogP contribution in [0.25, 0.3) is 0 Å². The monoisotopic (exact) mass is 639 g/mol. The van der Waals surface area contributed by atoms with E-state index in [-0.39, 0.29) is 41.4 Å². The summed E-state index contributed by atoms with van der Waals surface area (Å²) in [6, 6.07) is 8.69. The Labute approximate surface area is 259 Å². The summed E-state index contributed by atoms with van der Waals surface area (Å²) in [5.41, 5.74) is -1.30. The van der Waals surface area contributed by atoms with Gasteiger partial charge in [-0.25, -0.2) is 4.39 Å². The van der Waals surface area contributed by atoms with Gasteiger partial charge in [-0.2, -0.15) is 26.3 Å². The van der Waals surface area contributed by atoms with Crippen molar-refractivity contribution in [3.05, 3.63) is 82.8 Å². The number of halogens is 7. The number of likely N-dealkylation sites (tertiary alicyclic amines) is 1. The van der Waals surface area contributed by atoms with Crippen molar-refractivity contribution in [3.8, 4) is 0 Å². The third kappa shape index (κ3) is 7.67. The molecule has 1 heterocycles. The fourth-order valence-electron chi connectivity index (χ4n) is 7.47. The van der Waals surface area contributed by atoms with Crippen molar-refractivity contribution < 1.29 is 35.5 Å². The van der Waals surface area contributed by atoms with E-state index in [1.807, 2.05) is 12.1 Å². The van der Waals surface area contributed by atoms with Gasteiger partial charge in [-0.15, -0.1) is 0 Å². The van der Waals surface area contributed by atoms with Crippen LogP contribution in [0.4, 0.5) is 30.7 Å². The van der Waals surface area contributed by atoms with Gasteiger partial charge in [0.1, 0.15) is 5.82 Å². The molecule has 2 aromatic carbocycles. The Balaban J connectivity index is 1.30. The number of aliphatic imine (C=N–C) groups is 1. The molecule has 2 aliphatic carbocycles. The Hall–Kier alpha value is -3.08. The van der Waals surface area contributed by atoms with Gasteiger partial charge in [-0.3, -0.25) is 4.99 Å². The quantitative estimate of drug-likeness (QED) is 0.170. The average Bonchev–Trinajstić information content (AvgIpc) is 3.66. The molecule has 0 bridgehead atoms. The lowest BCUT2D eigenvalue weighted by Crippen LogP contribution is -2.41. The van der Waals surface area contributed by atoms with E-state index in [1.54, 1.807) is 14.0 Å². The summed E-state index contributed by atoms with van der Waals surface area (Å²) >= 11 is 0. The first-order chi connectivity index (χ1) is 21.2. The van der Waals surface area contributed by atoms with Crippen LogP contribution < -0.4 is 5.32 Å². The number of alkyl halides is 6. The van der Waals surface area contributed by atoms with Crippen LogP contribution in [0.2, 0.25) is 0 Å². The lowest BCUT2D eigenvalue weighted by molar-refractivity contribution is -0.143. The number of nitrogens with one attached hydrogen (secondary N) is 1. The molecule has 3 fully saturated rings. The second kappa shape index (κ2) is 13.0. The summed E-state index contributed by atoms with van der Waals surface area (Å²) in [5, 5.41) is 3.17. The van der Waals surface area contributed by atoms with Crippen molar-refractivity contribution in [2.24, 2.45) is 22.2 Å². The van der Waals surface area contributed by atoms with Crippen LogP contribution in [0, 0.1) is 23.1 Å². The molecule has 11 heteroatoms. The number of piperidine rings is 1. The summed E-state index contributed by atoms with van der Waals surface area (Å²) in [5.74, 6) is 1.25. The van der Waals surface area contributed by atoms with E-state index in [9.17, 15) is 30.7 Å². The van der Waals surface area contributed by atoms with Crippen LogP contribution in [-0.2, 0) is 23.6 Å². The van der Waals surface area contributed by atoms with E-state index in [1.165, 1.54) is 12.1 Å². The molecule has 0 amide bonds. The molecule has 4 nitrogen and oxygen atoms in total. The fraction of sp³-hybridized carbons (Fsp3) is 0.559. The Morgan fingerprint density at radius 2 is 1.62 bits per heavy atom. The van der Waals surface area contributed by atoms with E-state index in [0.717, 1.165) is 69.3 Å². The predicted molar refractivity (Wildman–Crippen MR) is 159 cm³/mol. The van der Waals surface area contributed by atoms with Gasteiger partial charge < -0.3 is 15.0 Å². The maximum atomic E-state index is 13.5. The van der Waals surface area contributed by atoms with Crippen LogP contribution >= 0.6 is 0 Å². The van der Waals surface area contributed by atoms with Crippen molar-refractivity contribution in [2.75, 3.05) is 26.7 Å². The summed E-state index contributed by atoms with van der Waals surface area (Å²) in [6.45, 7) is 8.34. The Morgan fingerprint density at radius 3 is 2.20 bits per heavy atom. The average molecular weight is 640 g/mol. The molecule has 5 rings (SSSR count). The molecule has 0 spiro atoms. The van der Waals surface area contributed by atoms with Crippen LogP contribution in [0.1, 0.15) is 73.6 Å². The van der Waals surface area contributed by atoms with E-state index >= 15 is 0 Å². The molecule has 2 saturated carbocycles. The molecule has 0 radical (unpaired) electrons. The number of hydrogen-bond donors (Lipinski definition) is 1. The minimum absolute atomic E-state index is 0.0986. The highest BCUT2D eigenvalue weighted by Gasteiger charge is 2.57. The number of benzene rings is 2. The summed E-state index contributed by atoms with van der Waals surface area (Å²) < 4.78 is 99.4. The lowest BCUT2D eigenvalue weighted by Gasteiger charge is -2.38. The number of nitrogens with zero attached hydrogens (tertiary/aromatic N) is 2. The van der Waals surface area contributed by atoms with Gasteiger partial charge in [0, 0.05) is 37.2 Å². The normalized spacial score (nSPS) is 26.6. The third-order valence-corrected chi connectivity index (χ3v) is 10.1. The minimum Gasteiger partial charge on any atom is -0.484 e. The van der Waals surface area contributed by atoms with Crippen molar-refractivity contribution >= 4 is 5.90 Å². The zero-order chi connectivity index (χ0) is 32.6. The van der Waals surface area contributed by atoms with Crippen LogP contribution in [0.3, 0.4) is 0 Å². The van der Waals surface area contributed by atoms with Crippen LogP contribution in [0.15, 0.2) is 59.7 Å². The molecule has 1 saturated heterocycles. The van der Waals surface area contributed by atoms with Gasteiger partial charge in [-0.05, 0) is 111 Å². The van der Waals surface area contributed by atoms with Crippen molar-refractivity contribution in [1.82, 2.24) is 10.2 Å². The van der Waals surface area contributed by atoms with Gasteiger partial charge in [0.2, 0.25) is 0 Å². The van der Waals surface area contributed by atoms with Crippen LogP contribution in [-0.4, -0.2) is 43.6 Å². The first-order valence-corrected chi connectivity index (χ1v) is 15.5. The number of methoxy groups -OCH3 is 1. The zero-order valence-electron chi connectivity index (χ0n) is 25.6. The lowest BCUT2D eigenvalue weighted by atomic mass is 9.76. The number of hydrogen-bond acceptors (Lipinski definition) is 4. The highest BCUT2D eigenvalue weighted by molar-refractivity contribution is 5.72. The molecule has 45 heavy (non-hydrogen) atoms. The molecular formula is C34H40F7N3O. The summed E-state index contributed by atoms with van der Waals surface area (Å²) in [6.07, 6.45) is -4.41. The summed E-state index contributed by atoms with van der Waals surface area (Å²) in [7, 11) is 1.56. The van der Waals surface area contributed by atoms with Gasteiger partial charge in [-0.1, -0.05) is 18.7 Å². The van der Waals surface area contributed by atoms with E-state index in [0.29, 0.717) is 30.0 Å². The Kier molecular flexibility index (Phi) is 9.59. The molecular weight excluding hydrogens is 599 g/mol. The van der Waals surface area contributed by atoms with Crippen molar-refractivity contribution in [2.45, 2.75) is 76.3 Å². The zero-order valence-corrected chi connectivity index (χ0v) is 25.6. The SMILES string of the molecule is C=C(NCc1cc(C(F)(F)F)cc(C(F)(F)F)c1)C1(C2CC2CN=C(C)OC)CCC(N2CCC(c3ccc(F)cc3)CC2)C1. The molecule has 4 unspecified atom stereocenters. The summed E-state index contributed by atoms with van der Waals surface area (Å²) in [4.78, 5) is 7.03. The van der Waals surface area contributed by atoms with E-state index in [4.69, 9.17) is 4.74 Å². The second-order valence-corrected chi connectivity index (χ2v) is 12.8. The first kappa shape index (κ1) is 33.3. The topological polar surface area (TPSA) is 36.9 Å². The first-order valence-electron chi connectivity index (χ1n) is 15.5. The number of rotatable bonds is 9. The smallest absolute Gasteiger partial charge is 0.416 e. The number of allylic oxidation sites excluding steroid dienone is 1. The molecule has 4 atom stereocenters. The molecule has 3 aliphatic rings. The largest absolute Gasteiger partial charge is 0.484 e. The maximum Gasteiger partial charge on any atom is 0.416 e. The van der Waals surface area contributed by atoms with Crippen LogP contribution in [0.5, 0.6) is 0 Å². The van der Waals surface area contributed by atoms with E-state index in [2.05, 4.69) is 21.8 Å². The molecule has 1 aliphatic heterocycles. The van der Waals surface area contributed by atoms with Gasteiger partial charge in [0.05, 0.1) is 18.2 Å². The number of ether oxygens (including phenoxy) is 1. The van der Waals surface area contributed by atoms with Gasteiger partial charge >= 0.3 is 12.4 Å². The Bertz CT molecular complexity index is 1350. The van der Waals surface area contributed by atoms with Gasteiger partial charge in [0.15, 0.2) is 5.90 Å². The molecule has 2 aromatic rings.